The van der Waals surface area contributed by atoms with Gasteiger partial charge in [-0.25, -0.2) is 0 Å². The van der Waals surface area contributed by atoms with Gasteiger partial charge in [0.2, 0.25) is 0 Å². The molecule has 0 bridgehead atoms. The van der Waals surface area contributed by atoms with Crippen LogP contribution in [0.25, 0.3) is 0 Å². The van der Waals surface area contributed by atoms with E-state index in [9.17, 15) is 0 Å². The summed E-state index contributed by atoms with van der Waals surface area (Å²) in [6.07, 6.45) is 2.43. The number of rotatable bonds is 2. The fourth-order valence-electron chi connectivity index (χ4n) is 2.48. The highest BCUT2D eigenvalue weighted by Gasteiger charge is 2.35. The van der Waals surface area contributed by atoms with Gasteiger partial charge in [0.1, 0.15) is 0 Å². The van der Waals surface area contributed by atoms with Crippen LogP contribution in [0.5, 0.6) is 0 Å². The van der Waals surface area contributed by atoms with E-state index in [1.54, 1.807) is 0 Å². The van der Waals surface area contributed by atoms with Crippen LogP contribution >= 0.6 is 0 Å². The van der Waals surface area contributed by atoms with Crippen molar-refractivity contribution < 1.29 is 4.74 Å². The lowest BCUT2D eigenvalue weighted by Crippen LogP contribution is -2.56. The molecule has 3 heteroatoms. The molecule has 82 valence electrons. The molecule has 2 rings (SSSR count). The van der Waals surface area contributed by atoms with E-state index in [0.717, 1.165) is 25.7 Å². The minimum Gasteiger partial charge on any atom is -0.378 e. The molecule has 0 unspecified atom stereocenters. The Labute approximate surface area is 86.6 Å². The topological polar surface area (TPSA) is 38.5 Å². The molecule has 3 nitrogen and oxygen atoms in total. The molecule has 0 atom stereocenters. The van der Waals surface area contributed by atoms with Gasteiger partial charge in [-0.05, 0) is 32.6 Å². The predicted octanol–water partition coefficient (Wildman–Crippen LogP) is 0.835. The largest absolute Gasteiger partial charge is 0.378 e. The first-order valence-electron chi connectivity index (χ1n) is 5.66. The van der Waals surface area contributed by atoms with E-state index in [4.69, 9.17) is 10.5 Å². The fourth-order valence-corrected chi connectivity index (χ4v) is 2.48. The quantitative estimate of drug-likeness (QED) is 0.714. The molecule has 1 aliphatic carbocycles. The van der Waals surface area contributed by atoms with Gasteiger partial charge in [0.15, 0.2) is 0 Å². The van der Waals surface area contributed by atoms with Crippen LogP contribution in [0.2, 0.25) is 0 Å². The fraction of sp³-hybridized carbons (Fsp3) is 1.00. The van der Waals surface area contributed by atoms with Gasteiger partial charge in [-0.3, -0.25) is 4.90 Å². The van der Waals surface area contributed by atoms with Crippen molar-refractivity contribution in [3.8, 4) is 0 Å². The minimum absolute atomic E-state index is 0.220. The Balaban J connectivity index is 1.83. The number of hydrogen-bond acceptors (Lipinski definition) is 3. The molecule has 2 aliphatic rings. The lowest BCUT2D eigenvalue weighted by atomic mass is 9.80. The van der Waals surface area contributed by atoms with Gasteiger partial charge in [0.05, 0.1) is 13.2 Å². The lowest BCUT2D eigenvalue weighted by molar-refractivity contribution is -0.0627. The number of nitrogens with zero attached hydrogens (tertiary/aromatic N) is 1. The molecule has 14 heavy (non-hydrogen) atoms. The predicted molar refractivity (Wildman–Crippen MR) is 57.2 cm³/mol. The van der Waals surface area contributed by atoms with E-state index >= 15 is 0 Å². The van der Waals surface area contributed by atoms with Crippen LogP contribution in [0.1, 0.15) is 26.7 Å². The van der Waals surface area contributed by atoms with Crippen LogP contribution in [-0.4, -0.2) is 42.8 Å². The third-order valence-electron chi connectivity index (χ3n) is 3.57. The third kappa shape index (κ3) is 2.10. The minimum atomic E-state index is 0.220. The first kappa shape index (κ1) is 10.4. The molecule has 0 amide bonds. The molecule has 1 heterocycles. The van der Waals surface area contributed by atoms with Gasteiger partial charge >= 0.3 is 0 Å². The van der Waals surface area contributed by atoms with Gasteiger partial charge in [-0.2, -0.15) is 0 Å². The Morgan fingerprint density at radius 3 is 2.71 bits per heavy atom. The molecule has 1 saturated heterocycles. The second kappa shape index (κ2) is 3.80. The second-order valence-electron chi connectivity index (χ2n) is 5.41. The molecular weight excluding hydrogens is 176 g/mol. The van der Waals surface area contributed by atoms with E-state index in [0.29, 0.717) is 6.04 Å². The van der Waals surface area contributed by atoms with Crippen molar-refractivity contribution in [3.63, 3.8) is 0 Å². The number of nitrogens with two attached hydrogens (primary N) is 1. The SMILES string of the molecule is CC1(C)COCCN1CC1CC(N)C1. The number of hydrogen-bond donors (Lipinski definition) is 1. The van der Waals surface area contributed by atoms with Crippen LogP contribution in [0.3, 0.4) is 0 Å². The average molecular weight is 198 g/mol. The maximum atomic E-state index is 5.80. The van der Waals surface area contributed by atoms with Crippen molar-refractivity contribution in [3.05, 3.63) is 0 Å². The summed E-state index contributed by atoms with van der Waals surface area (Å²) in [5.74, 6) is 0.836. The summed E-state index contributed by atoms with van der Waals surface area (Å²) in [5, 5.41) is 0. The maximum Gasteiger partial charge on any atom is 0.0645 e. The summed E-state index contributed by atoms with van der Waals surface area (Å²) in [6.45, 7) is 8.59. The molecule has 0 aromatic carbocycles. The zero-order chi connectivity index (χ0) is 10.2. The van der Waals surface area contributed by atoms with Crippen molar-refractivity contribution in [1.29, 1.82) is 0 Å². The molecule has 0 radical (unpaired) electrons. The monoisotopic (exact) mass is 198 g/mol. The number of morpholine rings is 1. The highest BCUT2D eigenvalue weighted by atomic mass is 16.5. The van der Waals surface area contributed by atoms with Crippen LogP contribution in [-0.2, 0) is 4.74 Å². The molecule has 0 spiro atoms. The Hall–Kier alpha value is -0.120. The van der Waals surface area contributed by atoms with Crippen LogP contribution in [0, 0.1) is 5.92 Å². The molecule has 2 N–H and O–H groups in total. The summed E-state index contributed by atoms with van der Waals surface area (Å²) in [4.78, 5) is 2.56. The van der Waals surface area contributed by atoms with Crippen molar-refractivity contribution in [1.82, 2.24) is 4.90 Å². The maximum absolute atomic E-state index is 5.80. The van der Waals surface area contributed by atoms with Crippen molar-refractivity contribution in [2.45, 2.75) is 38.3 Å². The van der Waals surface area contributed by atoms with E-state index in [2.05, 4.69) is 18.7 Å². The summed E-state index contributed by atoms with van der Waals surface area (Å²) in [5.41, 5.74) is 6.02. The molecule has 2 fully saturated rings. The Morgan fingerprint density at radius 2 is 2.14 bits per heavy atom. The Morgan fingerprint density at radius 1 is 1.43 bits per heavy atom. The van der Waals surface area contributed by atoms with Crippen LogP contribution in [0.4, 0.5) is 0 Å². The average Bonchev–Trinajstić information content (AvgIpc) is 2.05. The zero-order valence-corrected chi connectivity index (χ0v) is 9.33. The van der Waals surface area contributed by atoms with Crippen molar-refractivity contribution in [2.75, 3.05) is 26.3 Å². The van der Waals surface area contributed by atoms with Crippen molar-refractivity contribution in [2.24, 2.45) is 11.7 Å². The first-order valence-corrected chi connectivity index (χ1v) is 5.66. The molecule has 0 aromatic heterocycles. The third-order valence-corrected chi connectivity index (χ3v) is 3.57. The standard InChI is InChI=1S/C11H22N2O/c1-11(2)8-14-4-3-13(11)7-9-5-10(12)6-9/h9-10H,3-8,12H2,1-2H3. The van der Waals surface area contributed by atoms with Gasteiger partial charge in [-0.15, -0.1) is 0 Å². The number of ether oxygens (including phenoxy) is 1. The van der Waals surface area contributed by atoms with E-state index in [1.807, 2.05) is 0 Å². The second-order valence-corrected chi connectivity index (χ2v) is 5.41. The Bertz CT molecular complexity index is 199. The molecule has 1 saturated carbocycles. The molecular formula is C11H22N2O. The summed E-state index contributed by atoms with van der Waals surface area (Å²) in [6, 6.07) is 0.476. The van der Waals surface area contributed by atoms with Crippen LogP contribution < -0.4 is 5.73 Å². The summed E-state index contributed by atoms with van der Waals surface area (Å²) >= 11 is 0. The van der Waals surface area contributed by atoms with E-state index in [1.165, 1.54) is 19.4 Å². The van der Waals surface area contributed by atoms with Gasteiger partial charge in [0.25, 0.3) is 0 Å². The van der Waals surface area contributed by atoms with E-state index < -0.39 is 0 Å². The summed E-state index contributed by atoms with van der Waals surface area (Å²) in [7, 11) is 0. The Kier molecular flexibility index (Phi) is 2.82. The normalized spacial score (nSPS) is 37.9. The molecule has 0 aromatic rings. The van der Waals surface area contributed by atoms with Gasteiger partial charge in [0, 0.05) is 24.7 Å². The van der Waals surface area contributed by atoms with Crippen molar-refractivity contribution >= 4 is 0 Å². The highest BCUT2D eigenvalue weighted by Crippen LogP contribution is 2.29. The lowest BCUT2D eigenvalue weighted by Gasteiger charge is -2.46. The van der Waals surface area contributed by atoms with Crippen LogP contribution in [0.15, 0.2) is 0 Å². The smallest absolute Gasteiger partial charge is 0.0645 e. The van der Waals surface area contributed by atoms with E-state index in [-0.39, 0.29) is 5.54 Å². The summed E-state index contributed by atoms with van der Waals surface area (Å²) < 4.78 is 5.50. The first-order chi connectivity index (χ1) is 6.58. The van der Waals surface area contributed by atoms with Gasteiger partial charge < -0.3 is 10.5 Å². The molecule has 1 aliphatic heterocycles. The van der Waals surface area contributed by atoms with Gasteiger partial charge in [-0.1, -0.05) is 0 Å². The zero-order valence-electron chi connectivity index (χ0n) is 9.33. The highest BCUT2D eigenvalue weighted by molar-refractivity contribution is 4.90.